The first-order valence-corrected chi connectivity index (χ1v) is 10.6. The molecule has 0 radical (unpaired) electrons. The Morgan fingerprint density at radius 3 is 2.24 bits per heavy atom. The van der Waals surface area contributed by atoms with E-state index in [1.807, 2.05) is 0 Å². The minimum Gasteiger partial charge on any atom is -0.452 e. The van der Waals surface area contributed by atoms with Gasteiger partial charge in [0, 0.05) is 31.2 Å². The average molecular weight is 441 g/mol. The zero-order valence-corrected chi connectivity index (χ0v) is 16.8. The van der Waals surface area contributed by atoms with Crippen molar-refractivity contribution in [3.05, 3.63) is 64.9 Å². The van der Waals surface area contributed by atoms with Crippen LogP contribution in [-0.4, -0.2) is 62.3 Å². The highest BCUT2D eigenvalue weighted by molar-refractivity contribution is 7.89. The highest BCUT2D eigenvalue weighted by atomic mass is 35.5. The van der Waals surface area contributed by atoms with Crippen LogP contribution in [0.15, 0.2) is 53.4 Å². The molecule has 10 heteroatoms. The number of rotatable bonds is 5. The maximum atomic E-state index is 13.6. The minimum absolute atomic E-state index is 0.109. The Hall–Kier alpha value is -2.49. The molecule has 0 aliphatic carbocycles. The predicted octanol–water partition coefficient (Wildman–Crippen LogP) is 2.17. The van der Waals surface area contributed by atoms with Crippen molar-refractivity contribution in [2.24, 2.45) is 0 Å². The Morgan fingerprint density at radius 1 is 1.00 bits per heavy atom. The van der Waals surface area contributed by atoms with Crippen LogP contribution >= 0.6 is 11.6 Å². The normalized spacial score (nSPS) is 15.2. The van der Waals surface area contributed by atoms with Crippen LogP contribution in [0.25, 0.3) is 0 Å². The van der Waals surface area contributed by atoms with Crippen LogP contribution in [0.1, 0.15) is 10.4 Å². The monoisotopic (exact) mass is 440 g/mol. The summed E-state index contributed by atoms with van der Waals surface area (Å²) in [4.78, 5) is 25.7. The number of carbonyl (C=O) groups excluding carboxylic acids is 2. The third kappa shape index (κ3) is 4.92. The summed E-state index contributed by atoms with van der Waals surface area (Å²) in [6.07, 6.45) is 0. The van der Waals surface area contributed by atoms with Crippen molar-refractivity contribution in [2.75, 3.05) is 32.8 Å². The van der Waals surface area contributed by atoms with Gasteiger partial charge in [-0.3, -0.25) is 4.79 Å². The number of esters is 1. The van der Waals surface area contributed by atoms with Crippen LogP contribution in [0.3, 0.4) is 0 Å². The molecule has 0 spiro atoms. The van der Waals surface area contributed by atoms with E-state index in [0.29, 0.717) is 5.02 Å². The lowest BCUT2D eigenvalue weighted by atomic mass is 10.2. The van der Waals surface area contributed by atoms with E-state index in [-0.39, 0.29) is 36.6 Å². The molecule has 0 unspecified atom stereocenters. The second-order valence-corrected chi connectivity index (χ2v) is 8.67. The Labute approximate surface area is 172 Å². The molecular weight excluding hydrogens is 423 g/mol. The first kappa shape index (κ1) is 21.2. The van der Waals surface area contributed by atoms with Crippen molar-refractivity contribution in [3.63, 3.8) is 0 Å². The van der Waals surface area contributed by atoms with Crippen molar-refractivity contribution in [3.8, 4) is 0 Å². The van der Waals surface area contributed by atoms with E-state index in [2.05, 4.69) is 0 Å². The summed E-state index contributed by atoms with van der Waals surface area (Å²) >= 11 is 5.79. The Bertz CT molecular complexity index is 1010. The van der Waals surface area contributed by atoms with E-state index in [4.69, 9.17) is 16.3 Å². The van der Waals surface area contributed by atoms with Crippen molar-refractivity contribution >= 4 is 33.5 Å². The largest absolute Gasteiger partial charge is 0.452 e. The number of hydrogen-bond donors (Lipinski definition) is 0. The van der Waals surface area contributed by atoms with Gasteiger partial charge in [0.15, 0.2) is 6.61 Å². The van der Waals surface area contributed by atoms with E-state index in [9.17, 15) is 22.4 Å². The molecule has 1 heterocycles. The van der Waals surface area contributed by atoms with Crippen molar-refractivity contribution in [2.45, 2.75) is 4.90 Å². The number of carbonyl (C=O) groups is 2. The van der Waals surface area contributed by atoms with E-state index in [1.54, 1.807) is 0 Å². The highest BCUT2D eigenvalue weighted by Gasteiger charge is 2.30. The van der Waals surface area contributed by atoms with Gasteiger partial charge in [-0.2, -0.15) is 4.31 Å². The molecule has 29 heavy (non-hydrogen) atoms. The summed E-state index contributed by atoms with van der Waals surface area (Å²) in [5.74, 6) is -2.13. The second kappa shape index (κ2) is 8.89. The first-order valence-electron chi connectivity index (χ1n) is 8.74. The summed E-state index contributed by atoms with van der Waals surface area (Å²) in [6.45, 7) is -0.0151. The van der Waals surface area contributed by atoms with Gasteiger partial charge in [-0.15, -0.1) is 0 Å². The van der Waals surface area contributed by atoms with E-state index >= 15 is 0 Å². The lowest BCUT2D eigenvalue weighted by molar-refractivity contribution is -0.135. The van der Waals surface area contributed by atoms with Gasteiger partial charge in [0.2, 0.25) is 10.0 Å². The van der Waals surface area contributed by atoms with Crippen molar-refractivity contribution < 1.29 is 27.1 Å². The van der Waals surface area contributed by atoms with Crippen LogP contribution in [0.4, 0.5) is 4.39 Å². The maximum absolute atomic E-state index is 13.6. The van der Waals surface area contributed by atoms with Gasteiger partial charge < -0.3 is 9.64 Å². The molecule has 1 aliphatic rings. The lowest BCUT2D eigenvalue weighted by Gasteiger charge is -2.33. The summed E-state index contributed by atoms with van der Waals surface area (Å²) in [6, 6.07) is 11.2. The molecule has 2 aromatic carbocycles. The zero-order chi connectivity index (χ0) is 21.0. The summed E-state index contributed by atoms with van der Waals surface area (Å²) in [5, 5.41) is 0.435. The second-order valence-electron chi connectivity index (χ2n) is 6.29. The van der Waals surface area contributed by atoms with Gasteiger partial charge in [0.05, 0.1) is 10.5 Å². The number of nitrogens with zero attached hydrogens (tertiary/aromatic N) is 2. The van der Waals surface area contributed by atoms with Gasteiger partial charge in [-0.05, 0) is 36.4 Å². The third-order valence-electron chi connectivity index (χ3n) is 4.46. The lowest BCUT2D eigenvalue weighted by Crippen LogP contribution is -2.51. The topological polar surface area (TPSA) is 84.0 Å². The molecule has 0 N–H and O–H groups in total. The fourth-order valence-corrected chi connectivity index (χ4v) is 4.40. The SMILES string of the molecule is O=C(OCC(=O)N1CCN(S(=O)(=O)c2ccc(Cl)cc2)CC1)c1ccccc1F. The minimum atomic E-state index is -3.68. The smallest absolute Gasteiger partial charge is 0.341 e. The number of sulfonamides is 1. The zero-order valence-electron chi connectivity index (χ0n) is 15.3. The molecule has 1 amide bonds. The first-order chi connectivity index (χ1) is 13.8. The third-order valence-corrected chi connectivity index (χ3v) is 6.63. The molecule has 0 saturated carbocycles. The van der Waals surface area contributed by atoms with Crippen molar-refractivity contribution in [1.29, 1.82) is 0 Å². The van der Waals surface area contributed by atoms with Crippen molar-refractivity contribution in [1.82, 2.24) is 9.21 Å². The standard InChI is InChI=1S/C19H18ClFN2O5S/c20-14-5-7-15(8-6-14)29(26,27)23-11-9-22(10-12-23)18(24)13-28-19(25)16-3-1-2-4-17(16)21/h1-8H,9-13H2. The average Bonchev–Trinajstić information content (AvgIpc) is 2.72. The fraction of sp³-hybridized carbons (Fsp3) is 0.263. The van der Waals surface area contributed by atoms with E-state index in [0.717, 1.165) is 6.07 Å². The molecule has 0 bridgehead atoms. The van der Waals surface area contributed by atoms with Crippen LogP contribution < -0.4 is 0 Å². The number of benzene rings is 2. The van der Waals surface area contributed by atoms with Crippen LogP contribution in [0.2, 0.25) is 5.02 Å². The van der Waals surface area contributed by atoms with E-state index < -0.39 is 34.3 Å². The molecule has 7 nitrogen and oxygen atoms in total. The molecule has 0 atom stereocenters. The molecule has 0 aromatic heterocycles. The quantitative estimate of drug-likeness (QED) is 0.665. The Kier molecular flexibility index (Phi) is 6.51. The van der Waals surface area contributed by atoms with Gasteiger partial charge in [0.1, 0.15) is 5.82 Å². The predicted molar refractivity (Wildman–Crippen MR) is 103 cm³/mol. The Morgan fingerprint density at radius 2 is 1.62 bits per heavy atom. The number of halogens is 2. The molecule has 154 valence electrons. The van der Waals surface area contributed by atoms with Gasteiger partial charge in [-0.25, -0.2) is 17.6 Å². The molecular formula is C19H18ClFN2O5S. The molecule has 1 fully saturated rings. The van der Waals surface area contributed by atoms with E-state index in [1.165, 1.54) is 51.7 Å². The number of piperazine rings is 1. The molecule has 3 rings (SSSR count). The van der Waals surface area contributed by atoms with Gasteiger partial charge in [0.25, 0.3) is 5.91 Å². The van der Waals surface area contributed by atoms with Crippen LogP contribution in [0.5, 0.6) is 0 Å². The molecule has 2 aromatic rings. The Balaban J connectivity index is 1.53. The van der Waals surface area contributed by atoms with Gasteiger partial charge >= 0.3 is 5.97 Å². The number of hydrogen-bond acceptors (Lipinski definition) is 5. The highest BCUT2D eigenvalue weighted by Crippen LogP contribution is 2.20. The number of ether oxygens (including phenoxy) is 1. The number of amides is 1. The van der Waals surface area contributed by atoms with Gasteiger partial charge in [-0.1, -0.05) is 23.7 Å². The molecule has 1 saturated heterocycles. The summed E-state index contributed by atoms with van der Waals surface area (Å²) in [5.41, 5.74) is -0.251. The van der Waals surface area contributed by atoms with Crippen LogP contribution in [-0.2, 0) is 19.6 Å². The van der Waals surface area contributed by atoms with Crippen LogP contribution in [0, 0.1) is 5.82 Å². The fourth-order valence-electron chi connectivity index (χ4n) is 2.86. The molecule has 1 aliphatic heterocycles. The maximum Gasteiger partial charge on any atom is 0.341 e. The summed E-state index contributed by atoms with van der Waals surface area (Å²) in [7, 11) is -3.68. The summed E-state index contributed by atoms with van der Waals surface area (Å²) < 4.78 is 45.0.